The van der Waals surface area contributed by atoms with Gasteiger partial charge in [-0.3, -0.25) is 0 Å². The molecular formula is C13H17Cl2N3O2. The number of hydrogen-bond donors (Lipinski definition) is 4. The summed E-state index contributed by atoms with van der Waals surface area (Å²) in [6, 6.07) is 10.1. The molecule has 20 heavy (non-hydrogen) atoms. The number of halogens is 2. The van der Waals surface area contributed by atoms with Gasteiger partial charge in [-0.25, -0.2) is 0 Å². The summed E-state index contributed by atoms with van der Waals surface area (Å²) >= 11 is 0. The van der Waals surface area contributed by atoms with Crippen molar-refractivity contribution in [2.75, 3.05) is 23.9 Å². The van der Waals surface area contributed by atoms with Crippen LogP contribution in [0.4, 0.5) is 22.7 Å². The van der Waals surface area contributed by atoms with Gasteiger partial charge < -0.3 is 26.6 Å². The molecule has 0 aromatic heterocycles. The normalized spacial score (nSPS) is 9.05. The van der Waals surface area contributed by atoms with E-state index in [1.165, 1.54) is 0 Å². The number of phenolic OH excluding ortho intramolecular Hbond substituents is 1. The molecule has 7 heteroatoms. The highest BCUT2D eigenvalue weighted by Crippen LogP contribution is 2.33. The number of methoxy groups -OCH3 is 1. The monoisotopic (exact) mass is 317 g/mol. The Balaban J connectivity index is 0.00000180. The van der Waals surface area contributed by atoms with Gasteiger partial charge in [-0.1, -0.05) is 0 Å². The van der Waals surface area contributed by atoms with Gasteiger partial charge in [0.05, 0.1) is 24.2 Å². The van der Waals surface area contributed by atoms with Gasteiger partial charge in [-0.15, -0.1) is 24.8 Å². The van der Waals surface area contributed by atoms with Crippen LogP contribution in [0.2, 0.25) is 0 Å². The van der Waals surface area contributed by atoms with Gasteiger partial charge in [0.25, 0.3) is 0 Å². The minimum absolute atomic E-state index is 0. The highest BCUT2D eigenvalue weighted by Gasteiger charge is 2.06. The van der Waals surface area contributed by atoms with Crippen LogP contribution in [0.25, 0.3) is 0 Å². The minimum atomic E-state index is 0. The Morgan fingerprint density at radius 2 is 1.60 bits per heavy atom. The van der Waals surface area contributed by atoms with Crippen molar-refractivity contribution < 1.29 is 9.84 Å². The standard InChI is InChI=1S/C13H15N3O2.2ClH/c1-18-13-7-12(10(14)6-11(13)15)16-8-2-4-9(17)5-3-8;;/h2-7,16-17H,14-15H2,1H3;2*1H. The Morgan fingerprint density at radius 1 is 1.00 bits per heavy atom. The first-order chi connectivity index (χ1) is 8.60. The number of anilines is 4. The number of phenols is 1. The van der Waals surface area contributed by atoms with Crippen LogP contribution in [0.5, 0.6) is 11.5 Å². The lowest BCUT2D eigenvalue weighted by Gasteiger charge is -2.13. The van der Waals surface area contributed by atoms with Crippen LogP contribution < -0.4 is 21.5 Å². The zero-order chi connectivity index (χ0) is 13.1. The molecule has 0 atom stereocenters. The molecule has 0 aliphatic heterocycles. The molecule has 2 aromatic rings. The van der Waals surface area contributed by atoms with E-state index in [0.29, 0.717) is 22.8 Å². The number of rotatable bonds is 3. The van der Waals surface area contributed by atoms with Crippen LogP contribution in [0.15, 0.2) is 36.4 Å². The van der Waals surface area contributed by atoms with Crippen molar-refractivity contribution in [1.82, 2.24) is 0 Å². The molecule has 0 saturated heterocycles. The smallest absolute Gasteiger partial charge is 0.143 e. The van der Waals surface area contributed by atoms with E-state index >= 15 is 0 Å². The van der Waals surface area contributed by atoms with Crippen LogP contribution in [-0.2, 0) is 0 Å². The molecule has 5 nitrogen and oxygen atoms in total. The summed E-state index contributed by atoms with van der Waals surface area (Å²) in [5.41, 5.74) is 14.2. The Kier molecular flexibility index (Phi) is 6.82. The fraction of sp³-hybridized carbons (Fsp3) is 0.0769. The van der Waals surface area contributed by atoms with Gasteiger partial charge >= 0.3 is 0 Å². The third-order valence-electron chi connectivity index (χ3n) is 2.55. The summed E-state index contributed by atoms with van der Waals surface area (Å²) in [5.74, 6) is 0.772. The van der Waals surface area contributed by atoms with Crippen molar-refractivity contribution in [3.05, 3.63) is 36.4 Å². The molecule has 0 bridgehead atoms. The summed E-state index contributed by atoms with van der Waals surface area (Å²) in [5, 5.41) is 12.3. The Hall–Kier alpha value is -1.98. The molecule has 0 radical (unpaired) electrons. The van der Waals surface area contributed by atoms with Crippen molar-refractivity contribution in [2.24, 2.45) is 0 Å². The van der Waals surface area contributed by atoms with Gasteiger partial charge in [-0.05, 0) is 30.3 Å². The number of nitrogen functional groups attached to an aromatic ring is 2. The molecule has 0 aliphatic carbocycles. The van der Waals surface area contributed by atoms with E-state index in [4.69, 9.17) is 16.2 Å². The molecule has 0 fully saturated rings. The Morgan fingerprint density at radius 3 is 2.15 bits per heavy atom. The van der Waals surface area contributed by atoms with Crippen LogP contribution in [0.1, 0.15) is 0 Å². The maximum absolute atomic E-state index is 9.21. The molecule has 2 aromatic carbocycles. The van der Waals surface area contributed by atoms with Crippen molar-refractivity contribution >= 4 is 47.6 Å². The maximum Gasteiger partial charge on any atom is 0.143 e. The number of aromatic hydroxyl groups is 1. The number of nitrogens with one attached hydrogen (secondary N) is 1. The second-order valence-corrected chi connectivity index (χ2v) is 3.85. The first-order valence-corrected chi connectivity index (χ1v) is 5.39. The number of nitrogens with two attached hydrogens (primary N) is 2. The summed E-state index contributed by atoms with van der Waals surface area (Å²) in [6.45, 7) is 0. The summed E-state index contributed by atoms with van der Waals surface area (Å²) in [4.78, 5) is 0. The highest BCUT2D eigenvalue weighted by atomic mass is 35.5. The van der Waals surface area contributed by atoms with Crippen LogP contribution in [0.3, 0.4) is 0 Å². The lowest BCUT2D eigenvalue weighted by Crippen LogP contribution is -2.00. The molecule has 0 amide bonds. The minimum Gasteiger partial charge on any atom is -0.508 e. The fourth-order valence-corrected chi connectivity index (χ4v) is 1.60. The molecule has 0 spiro atoms. The first-order valence-electron chi connectivity index (χ1n) is 5.39. The number of benzene rings is 2. The molecule has 0 saturated carbocycles. The van der Waals surface area contributed by atoms with Crippen molar-refractivity contribution in [3.8, 4) is 11.5 Å². The van der Waals surface area contributed by atoms with E-state index in [1.807, 2.05) is 0 Å². The van der Waals surface area contributed by atoms with E-state index in [1.54, 1.807) is 43.5 Å². The zero-order valence-electron chi connectivity index (χ0n) is 10.8. The third-order valence-corrected chi connectivity index (χ3v) is 2.55. The summed E-state index contributed by atoms with van der Waals surface area (Å²) < 4.78 is 5.14. The lowest BCUT2D eigenvalue weighted by molar-refractivity contribution is 0.417. The largest absolute Gasteiger partial charge is 0.508 e. The maximum atomic E-state index is 9.21. The van der Waals surface area contributed by atoms with E-state index in [9.17, 15) is 5.11 Å². The van der Waals surface area contributed by atoms with Gasteiger partial charge in [-0.2, -0.15) is 0 Å². The fourth-order valence-electron chi connectivity index (χ4n) is 1.60. The number of ether oxygens (including phenoxy) is 1. The predicted molar refractivity (Wildman–Crippen MR) is 87.7 cm³/mol. The molecule has 110 valence electrons. The van der Waals surface area contributed by atoms with E-state index in [-0.39, 0.29) is 30.6 Å². The topological polar surface area (TPSA) is 93.5 Å². The Labute approximate surface area is 129 Å². The summed E-state index contributed by atoms with van der Waals surface area (Å²) in [7, 11) is 1.55. The van der Waals surface area contributed by atoms with Gasteiger partial charge in [0.15, 0.2) is 0 Å². The van der Waals surface area contributed by atoms with Crippen molar-refractivity contribution in [1.29, 1.82) is 0 Å². The van der Waals surface area contributed by atoms with Gasteiger partial charge in [0.1, 0.15) is 11.5 Å². The van der Waals surface area contributed by atoms with E-state index in [2.05, 4.69) is 5.32 Å². The SMILES string of the molecule is COc1cc(Nc2ccc(O)cc2)c(N)cc1N.Cl.Cl. The second-order valence-electron chi connectivity index (χ2n) is 3.85. The van der Waals surface area contributed by atoms with Crippen LogP contribution in [0, 0.1) is 0 Å². The number of hydrogen-bond acceptors (Lipinski definition) is 5. The van der Waals surface area contributed by atoms with E-state index in [0.717, 1.165) is 5.69 Å². The summed E-state index contributed by atoms with van der Waals surface area (Å²) in [6.07, 6.45) is 0. The van der Waals surface area contributed by atoms with Gasteiger partial charge in [0.2, 0.25) is 0 Å². The quantitative estimate of drug-likeness (QED) is 0.515. The zero-order valence-corrected chi connectivity index (χ0v) is 12.4. The average molecular weight is 318 g/mol. The lowest BCUT2D eigenvalue weighted by atomic mass is 10.2. The van der Waals surface area contributed by atoms with Crippen LogP contribution in [-0.4, -0.2) is 12.2 Å². The first kappa shape index (κ1) is 18.0. The average Bonchev–Trinajstić information content (AvgIpc) is 2.35. The molecule has 2 rings (SSSR count). The van der Waals surface area contributed by atoms with E-state index < -0.39 is 0 Å². The highest BCUT2D eigenvalue weighted by molar-refractivity contribution is 5.85. The van der Waals surface area contributed by atoms with Crippen molar-refractivity contribution in [3.63, 3.8) is 0 Å². The molecule has 0 heterocycles. The molecule has 0 unspecified atom stereocenters. The molecule has 6 N–H and O–H groups in total. The predicted octanol–water partition coefficient (Wildman–Crippen LogP) is 3.15. The van der Waals surface area contributed by atoms with Crippen LogP contribution >= 0.6 is 24.8 Å². The van der Waals surface area contributed by atoms with Crippen molar-refractivity contribution in [2.45, 2.75) is 0 Å². The molecule has 0 aliphatic rings. The Bertz CT molecular complexity index is 562. The van der Waals surface area contributed by atoms with Gasteiger partial charge in [0, 0.05) is 11.8 Å². The second kappa shape index (κ2) is 7.57. The molecular weight excluding hydrogens is 301 g/mol. The third kappa shape index (κ3) is 4.01.